The molecule has 2 aliphatic rings. The van der Waals surface area contributed by atoms with Crippen molar-refractivity contribution in [2.24, 2.45) is 0 Å². The first-order valence-corrected chi connectivity index (χ1v) is 11.1. The molecule has 0 radical (unpaired) electrons. The number of fused-ring (bicyclic) bond motifs is 7. The molecule has 1 aliphatic heterocycles. The van der Waals surface area contributed by atoms with Gasteiger partial charge in [-0.2, -0.15) is 0 Å². The molecule has 6 rings (SSSR count). The Kier molecular flexibility index (Phi) is 3.96. The highest BCUT2D eigenvalue weighted by atomic mass is 16.2. The summed E-state index contributed by atoms with van der Waals surface area (Å²) in [6.45, 7) is 4.20. The fourth-order valence-electron chi connectivity index (χ4n) is 4.91. The zero-order valence-corrected chi connectivity index (χ0v) is 18.1. The third-order valence-corrected chi connectivity index (χ3v) is 6.49. The molecule has 8 nitrogen and oxygen atoms in total. The molecule has 4 aromatic rings. The van der Waals surface area contributed by atoms with Crippen molar-refractivity contribution in [2.75, 3.05) is 5.73 Å². The van der Waals surface area contributed by atoms with E-state index in [-0.39, 0.29) is 23.9 Å². The van der Waals surface area contributed by atoms with E-state index in [1.54, 1.807) is 4.57 Å². The van der Waals surface area contributed by atoms with Gasteiger partial charge in [0.25, 0.3) is 5.91 Å². The van der Waals surface area contributed by atoms with Gasteiger partial charge in [0.2, 0.25) is 5.91 Å². The van der Waals surface area contributed by atoms with E-state index < -0.39 is 0 Å². The van der Waals surface area contributed by atoms with Gasteiger partial charge in [0.1, 0.15) is 17.8 Å². The molecule has 0 unspecified atom stereocenters. The summed E-state index contributed by atoms with van der Waals surface area (Å²) in [7, 11) is 0. The average Bonchev–Trinajstić information content (AvgIpc) is 3.42. The minimum absolute atomic E-state index is 0.00447. The lowest BCUT2D eigenvalue weighted by Crippen LogP contribution is -2.25. The predicted octanol–water partition coefficient (Wildman–Crippen LogP) is 3.69. The number of anilines is 1. The number of nitrogens with two attached hydrogens (primary N) is 1. The zero-order chi connectivity index (χ0) is 22.1. The molecule has 0 atom stereocenters. The van der Waals surface area contributed by atoms with Crippen LogP contribution in [0, 0.1) is 0 Å². The lowest BCUT2D eigenvalue weighted by Gasteiger charge is -2.13. The molecule has 3 N–H and O–H groups in total. The van der Waals surface area contributed by atoms with Gasteiger partial charge in [-0.3, -0.25) is 14.2 Å². The SMILES string of the molecule is CC(C)n1c2c(c3c(N)ncnc31)-c1cc3ccc(C(=O)NC4CC4)cc3n1C(=O)CC2. The first-order valence-electron chi connectivity index (χ1n) is 11.1. The normalized spacial score (nSPS) is 15.8. The van der Waals surface area contributed by atoms with Gasteiger partial charge in [-0.15, -0.1) is 0 Å². The highest BCUT2D eigenvalue weighted by Gasteiger charge is 2.31. The number of nitrogens with one attached hydrogen (secondary N) is 1. The Morgan fingerprint density at radius 1 is 1.19 bits per heavy atom. The lowest BCUT2D eigenvalue weighted by molar-refractivity contribution is 0.0908. The number of nitrogens with zero attached hydrogens (tertiary/aromatic N) is 4. The first-order chi connectivity index (χ1) is 15.4. The molecule has 0 saturated heterocycles. The second-order valence-corrected chi connectivity index (χ2v) is 9.02. The summed E-state index contributed by atoms with van der Waals surface area (Å²) < 4.78 is 3.91. The summed E-state index contributed by atoms with van der Waals surface area (Å²) in [5.41, 5.74) is 11.2. The van der Waals surface area contributed by atoms with Crippen LogP contribution >= 0.6 is 0 Å². The summed E-state index contributed by atoms with van der Waals surface area (Å²) in [5, 5.41) is 4.71. The quantitative estimate of drug-likeness (QED) is 0.517. The van der Waals surface area contributed by atoms with Crippen LogP contribution in [0.3, 0.4) is 0 Å². The van der Waals surface area contributed by atoms with Gasteiger partial charge in [0.15, 0.2) is 0 Å². The number of rotatable bonds is 3. The van der Waals surface area contributed by atoms with Gasteiger partial charge < -0.3 is 15.6 Å². The summed E-state index contributed by atoms with van der Waals surface area (Å²) in [6.07, 6.45) is 4.49. The molecular weight excluding hydrogens is 404 g/mol. The Bertz CT molecular complexity index is 1440. The van der Waals surface area contributed by atoms with Gasteiger partial charge in [0.05, 0.1) is 16.6 Å². The standard InChI is InChI=1S/C24H24N6O2/c1-12(2)29-16-7-8-19(31)30-17-10-14(24(32)28-15-5-6-15)4-3-13(17)9-18(30)20(16)21-22(25)26-11-27-23(21)29/h3-4,9-12,15H,5-8H2,1-2H3,(H,28,32)(H2,25,26,27). The smallest absolute Gasteiger partial charge is 0.251 e. The van der Waals surface area contributed by atoms with E-state index in [2.05, 4.69) is 33.7 Å². The minimum Gasteiger partial charge on any atom is -0.383 e. The summed E-state index contributed by atoms with van der Waals surface area (Å²) in [4.78, 5) is 34.7. The molecule has 1 saturated carbocycles. The average molecular weight is 428 g/mol. The Hall–Kier alpha value is -3.68. The van der Waals surface area contributed by atoms with Crippen molar-refractivity contribution >= 4 is 39.6 Å². The molecule has 3 aromatic heterocycles. The van der Waals surface area contributed by atoms with Gasteiger partial charge in [-0.25, -0.2) is 9.97 Å². The fraction of sp³-hybridized carbons (Fsp3) is 0.333. The summed E-state index contributed by atoms with van der Waals surface area (Å²) >= 11 is 0. The molecule has 8 heteroatoms. The van der Waals surface area contributed by atoms with Crippen LogP contribution in [0.2, 0.25) is 0 Å². The van der Waals surface area contributed by atoms with E-state index in [1.165, 1.54) is 6.33 Å². The highest BCUT2D eigenvalue weighted by Crippen LogP contribution is 2.42. The van der Waals surface area contributed by atoms with Crippen LogP contribution in [-0.4, -0.2) is 37.0 Å². The van der Waals surface area contributed by atoms with E-state index in [9.17, 15) is 9.59 Å². The minimum atomic E-state index is -0.0965. The second-order valence-electron chi connectivity index (χ2n) is 9.02. The maximum Gasteiger partial charge on any atom is 0.251 e. The molecule has 32 heavy (non-hydrogen) atoms. The fourth-order valence-corrected chi connectivity index (χ4v) is 4.91. The van der Waals surface area contributed by atoms with Crippen molar-refractivity contribution in [1.29, 1.82) is 0 Å². The number of hydrogen-bond donors (Lipinski definition) is 2. The molecule has 1 fully saturated rings. The van der Waals surface area contributed by atoms with Crippen LogP contribution in [0.15, 0.2) is 30.6 Å². The van der Waals surface area contributed by atoms with Crippen LogP contribution in [-0.2, 0) is 6.42 Å². The topological polar surface area (TPSA) is 108 Å². The first kappa shape index (κ1) is 19.0. The molecule has 0 spiro atoms. The molecule has 4 heterocycles. The van der Waals surface area contributed by atoms with Crippen LogP contribution in [0.4, 0.5) is 5.82 Å². The van der Waals surface area contributed by atoms with Crippen molar-refractivity contribution in [3.8, 4) is 11.3 Å². The largest absolute Gasteiger partial charge is 0.383 e. The predicted molar refractivity (Wildman–Crippen MR) is 123 cm³/mol. The number of amides is 1. The molecule has 162 valence electrons. The highest BCUT2D eigenvalue weighted by molar-refractivity contribution is 6.09. The number of aromatic nitrogens is 4. The number of carbonyl (C=O) groups excluding carboxylic acids is 2. The third-order valence-electron chi connectivity index (χ3n) is 6.49. The maximum absolute atomic E-state index is 13.3. The van der Waals surface area contributed by atoms with E-state index in [0.717, 1.165) is 51.7 Å². The van der Waals surface area contributed by atoms with E-state index in [4.69, 9.17) is 5.73 Å². The lowest BCUT2D eigenvalue weighted by atomic mass is 10.1. The summed E-state index contributed by atoms with van der Waals surface area (Å²) in [6, 6.07) is 7.99. The molecular formula is C24H24N6O2. The Morgan fingerprint density at radius 2 is 2.00 bits per heavy atom. The number of nitrogen functional groups attached to an aromatic ring is 1. The number of benzene rings is 1. The van der Waals surface area contributed by atoms with Gasteiger partial charge in [-0.05, 0) is 51.3 Å². The third kappa shape index (κ3) is 2.68. The van der Waals surface area contributed by atoms with Gasteiger partial charge in [0, 0.05) is 40.7 Å². The van der Waals surface area contributed by atoms with Crippen LogP contribution in [0.1, 0.15) is 60.0 Å². The van der Waals surface area contributed by atoms with E-state index >= 15 is 0 Å². The van der Waals surface area contributed by atoms with Crippen molar-refractivity contribution < 1.29 is 9.59 Å². The molecule has 1 amide bonds. The second kappa shape index (κ2) is 6.66. The number of carbonyl (C=O) groups is 2. The zero-order valence-electron chi connectivity index (χ0n) is 18.1. The monoisotopic (exact) mass is 428 g/mol. The van der Waals surface area contributed by atoms with Crippen LogP contribution < -0.4 is 11.1 Å². The number of hydrogen-bond acceptors (Lipinski definition) is 5. The van der Waals surface area contributed by atoms with Crippen LogP contribution in [0.5, 0.6) is 0 Å². The Labute approximate surface area is 184 Å². The van der Waals surface area contributed by atoms with Crippen molar-refractivity contribution in [3.05, 3.63) is 41.9 Å². The maximum atomic E-state index is 13.3. The molecule has 0 bridgehead atoms. The molecule has 1 aromatic carbocycles. The van der Waals surface area contributed by atoms with Crippen LogP contribution in [0.25, 0.3) is 33.2 Å². The Morgan fingerprint density at radius 3 is 2.75 bits per heavy atom. The van der Waals surface area contributed by atoms with Gasteiger partial charge in [-0.1, -0.05) is 6.07 Å². The summed E-state index contributed by atoms with van der Waals surface area (Å²) in [5.74, 6) is 0.312. The van der Waals surface area contributed by atoms with Crippen molar-refractivity contribution in [1.82, 2.24) is 24.4 Å². The van der Waals surface area contributed by atoms with Crippen molar-refractivity contribution in [2.45, 2.75) is 51.6 Å². The van der Waals surface area contributed by atoms with Crippen molar-refractivity contribution in [3.63, 3.8) is 0 Å². The molecule has 1 aliphatic carbocycles. The van der Waals surface area contributed by atoms with E-state index in [0.29, 0.717) is 24.2 Å². The Balaban J connectivity index is 1.64. The van der Waals surface area contributed by atoms with E-state index in [1.807, 2.05) is 24.3 Å². The van der Waals surface area contributed by atoms with Gasteiger partial charge >= 0.3 is 0 Å².